The lowest BCUT2D eigenvalue weighted by atomic mass is 10.1. The van der Waals surface area contributed by atoms with Crippen LogP contribution < -0.4 is 0 Å². The molecular weight excluding hydrogens is 253 g/mol. The molecule has 100 valence electrons. The molecule has 0 aromatic heterocycles. The molecule has 0 aliphatic rings. The summed E-state index contributed by atoms with van der Waals surface area (Å²) in [5.74, 6) is -1.00. The second-order valence-corrected chi connectivity index (χ2v) is 5.84. The first-order valence-electron chi connectivity index (χ1n) is 5.91. The highest BCUT2D eigenvalue weighted by Gasteiger charge is 2.36. The highest BCUT2D eigenvalue weighted by Crippen LogP contribution is 2.54. The van der Waals surface area contributed by atoms with Crippen molar-refractivity contribution < 1.29 is 13.6 Å². The normalized spacial score (nSPS) is 13.2. The Morgan fingerprint density at radius 2 is 1.72 bits per heavy atom. The first kappa shape index (κ1) is 15.0. The maximum absolute atomic E-state index is 12.4. The van der Waals surface area contributed by atoms with Crippen LogP contribution in [0.4, 0.5) is 0 Å². The summed E-state index contributed by atoms with van der Waals surface area (Å²) in [5, 5.41) is 2.93. The molecule has 0 radical (unpaired) electrons. The van der Waals surface area contributed by atoms with Gasteiger partial charge in [0, 0.05) is 6.42 Å². The van der Waals surface area contributed by atoms with Crippen molar-refractivity contribution in [1.82, 2.24) is 0 Å². The number of nitroso groups, excluding NO2 is 1. The highest BCUT2D eigenvalue weighted by atomic mass is 31.2. The monoisotopic (exact) mass is 271 g/mol. The Hall–Kier alpha value is -1.03. The van der Waals surface area contributed by atoms with Gasteiger partial charge in [0.25, 0.3) is 0 Å². The lowest BCUT2D eigenvalue weighted by Crippen LogP contribution is -2.13. The van der Waals surface area contributed by atoms with Crippen molar-refractivity contribution in [2.75, 3.05) is 13.2 Å². The van der Waals surface area contributed by atoms with Crippen molar-refractivity contribution >= 4 is 7.60 Å². The Morgan fingerprint density at radius 1 is 1.17 bits per heavy atom. The number of nitrogens with zero attached hydrogens (tertiary/aromatic N) is 1. The number of rotatable bonds is 8. The maximum Gasteiger partial charge on any atom is 0.358 e. The SMILES string of the molecule is CCOP(=O)(OCC)C(Cc1ccccc1)N=O. The minimum absolute atomic E-state index is 0.220. The van der Waals surface area contributed by atoms with Gasteiger partial charge in [-0.25, -0.2) is 0 Å². The van der Waals surface area contributed by atoms with Crippen LogP contribution in [0.1, 0.15) is 19.4 Å². The van der Waals surface area contributed by atoms with Crippen molar-refractivity contribution in [2.45, 2.75) is 26.1 Å². The zero-order valence-electron chi connectivity index (χ0n) is 10.6. The van der Waals surface area contributed by atoms with Crippen LogP contribution in [0.3, 0.4) is 0 Å². The summed E-state index contributed by atoms with van der Waals surface area (Å²) >= 11 is 0. The molecule has 0 aliphatic heterocycles. The van der Waals surface area contributed by atoms with E-state index in [0.29, 0.717) is 0 Å². The molecule has 18 heavy (non-hydrogen) atoms. The summed E-state index contributed by atoms with van der Waals surface area (Å²) in [6.45, 7) is 3.85. The van der Waals surface area contributed by atoms with Crippen molar-refractivity contribution in [2.24, 2.45) is 5.18 Å². The van der Waals surface area contributed by atoms with E-state index >= 15 is 0 Å². The summed E-state index contributed by atoms with van der Waals surface area (Å²) in [4.78, 5) is 10.9. The van der Waals surface area contributed by atoms with Gasteiger partial charge in [-0.15, -0.1) is 4.91 Å². The van der Waals surface area contributed by atoms with Crippen LogP contribution in [0.15, 0.2) is 35.5 Å². The van der Waals surface area contributed by atoms with E-state index in [1.165, 1.54) is 0 Å². The van der Waals surface area contributed by atoms with Crippen molar-refractivity contribution in [1.29, 1.82) is 0 Å². The van der Waals surface area contributed by atoms with Crippen molar-refractivity contribution in [3.05, 3.63) is 40.8 Å². The molecule has 0 fully saturated rings. The Balaban J connectivity index is 2.86. The molecule has 0 saturated carbocycles. The third-order valence-corrected chi connectivity index (χ3v) is 4.61. The fourth-order valence-electron chi connectivity index (χ4n) is 1.60. The zero-order valence-corrected chi connectivity index (χ0v) is 11.5. The molecule has 0 bridgehead atoms. The second kappa shape index (κ2) is 7.41. The highest BCUT2D eigenvalue weighted by molar-refractivity contribution is 7.54. The molecule has 1 aromatic rings. The fourth-order valence-corrected chi connectivity index (χ4v) is 3.29. The van der Waals surface area contributed by atoms with Gasteiger partial charge in [0.2, 0.25) is 0 Å². The van der Waals surface area contributed by atoms with E-state index in [9.17, 15) is 9.47 Å². The third kappa shape index (κ3) is 4.02. The van der Waals surface area contributed by atoms with Gasteiger partial charge in [-0.2, -0.15) is 0 Å². The minimum atomic E-state index is -3.47. The number of hydrogen-bond donors (Lipinski definition) is 0. The molecule has 0 heterocycles. The Labute approximate surface area is 107 Å². The van der Waals surface area contributed by atoms with Crippen LogP contribution in [0, 0.1) is 4.91 Å². The van der Waals surface area contributed by atoms with Gasteiger partial charge in [0.05, 0.1) is 13.2 Å². The quantitative estimate of drug-likeness (QED) is 0.535. The zero-order chi connectivity index (χ0) is 13.4. The summed E-state index contributed by atoms with van der Waals surface area (Å²) in [7, 11) is -3.47. The van der Waals surface area contributed by atoms with Crippen LogP contribution in [0.25, 0.3) is 0 Å². The standard InChI is InChI=1S/C12H18NO4P/c1-3-16-18(15,17-4-2)12(13-14)10-11-8-6-5-7-9-11/h5-9,12H,3-4,10H2,1-2H3. The van der Waals surface area contributed by atoms with E-state index in [-0.39, 0.29) is 19.6 Å². The average molecular weight is 271 g/mol. The largest absolute Gasteiger partial charge is 0.358 e. The van der Waals surface area contributed by atoms with Gasteiger partial charge in [0.15, 0.2) is 5.78 Å². The van der Waals surface area contributed by atoms with Crippen LogP contribution in [0.5, 0.6) is 0 Å². The molecule has 1 aromatic carbocycles. The fraction of sp³-hybridized carbons (Fsp3) is 0.500. The van der Waals surface area contributed by atoms with Gasteiger partial charge in [-0.3, -0.25) is 4.57 Å². The van der Waals surface area contributed by atoms with Gasteiger partial charge in [0.1, 0.15) is 0 Å². The maximum atomic E-state index is 12.4. The van der Waals surface area contributed by atoms with Crippen LogP contribution in [0.2, 0.25) is 0 Å². The van der Waals surface area contributed by atoms with E-state index in [1.807, 2.05) is 30.3 Å². The number of benzene rings is 1. The van der Waals surface area contributed by atoms with Gasteiger partial charge in [-0.1, -0.05) is 35.5 Å². The second-order valence-electron chi connectivity index (χ2n) is 3.65. The third-order valence-electron chi connectivity index (χ3n) is 2.37. The Morgan fingerprint density at radius 3 is 2.17 bits per heavy atom. The molecule has 5 nitrogen and oxygen atoms in total. The molecule has 0 aliphatic carbocycles. The lowest BCUT2D eigenvalue weighted by Gasteiger charge is -2.21. The first-order chi connectivity index (χ1) is 8.66. The van der Waals surface area contributed by atoms with Crippen molar-refractivity contribution in [3.8, 4) is 0 Å². The summed E-state index contributed by atoms with van der Waals surface area (Å²) in [5.41, 5.74) is 0.877. The lowest BCUT2D eigenvalue weighted by molar-refractivity contribution is 0.212. The first-order valence-corrected chi connectivity index (χ1v) is 7.52. The Bertz CT molecular complexity index is 400. The minimum Gasteiger partial charge on any atom is -0.307 e. The molecule has 0 saturated heterocycles. The van der Waals surface area contributed by atoms with E-state index in [2.05, 4.69) is 5.18 Å². The molecule has 1 atom stereocenters. The smallest absolute Gasteiger partial charge is 0.307 e. The predicted octanol–water partition coefficient (Wildman–Crippen LogP) is 3.59. The topological polar surface area (TPSA) is 65.0 Å². The molecule has 0 N–H and O–H groups in total. The van der Waals surface area contributed by atoms with Crippen molar-refractivity contribution in [3.63, 3.8) is 0 Å². The molecule has 0 spiro atoms. The molecule has 1 unspecified atom stereocenters. The Kier molecular flexibility index (Phi) is 6.19. The summed E-state index contributed by atoms with van der Waals surface area (Å²) in [6, 6.07) is 9.27. The van der Waals surface area contributed by atoms with Crippen LogP contribution in [-0.4, -0.2) is 19.0 Å². The molecule has 1 rings (SSSR count). The van der Waals surface area contributed by atoms with Gasteiger partial charge >= 0.3 is 7.60 Å². The van der Waals surface area contributed by atoms with E-state index in [1.54, 1.807) is 13.8 Å². The molecular formula is C12H18NO4P. The molecule has 6 heteroatoms. The number of hydrogen-bond acceptors (Lipinski definition) is 5. The van der Waals surface area contributed by atoms with Gasteiger partial charge in [-0.05, 0) is 19.4 Å². The van der Waals surface area contributed by atoms with E-state index in [0.717, 1.165) is 5.56 Å². The summed E-state index contributed by atoms with van der Waals surface area (Å²) < 4.78 is 22.7. The predicted molar refractivity (Wildman–Crippen MR) is 70.6 cm³/mol. The van der Waals surface area contributed by atoms with Crippen LogP contribution in [-0.2, 0) is 20.0 Å². The van der Waals surface area contributed by atoms with Gasteiger partial charge < -0.3 is 9.05 Å². The summed E-state index contributed by atoms with van der Waals surface area (Å²) in [6.07, 6.45) is 0.252. The average Bonchev–Trinajstić information content (AvgIpc) is 2.37. The van der Waals surface area contributed by atoms with E-state index < -0.39 is 13.4 Å². The molecule has 0 amide bonds. The van der Waals surface area contributed by atoms with E-state index in [4.69, 9.17) is 9.05 Å². The van der Waals surface area contributed by atoms with Crippen LogP contribution >= 0.6 is 7.60 Å².